The van der Waals surface area contributed by atoms with E-state index in [1.165, 1.54) is 64.2 Å². The molecule has 1 fully saturated rings. The van der Waals surface area contributed by atoms with Crippen LogP contribution in [0.1, 0.15) is 78.1 Å². The van der Waals surface area contributed by atoms with Gasteiger partial charge in [0.1, 0.15) is 0 Å². The molecule has 1 aliphatic rings. The lowest BCUT2D eigenvalue weighted by Gasteiger charge is -2.52. The van der Waals surface area contributed by atoms with Crippen LogP contribution in [0, 0.1) is 11.8 Å². The van der Waals surface area contributed by atoms with Crippen LogP contribution in [0.2, 0.25) is 0 Å². The van der Waals surface area contributed by atoms with E-state index in [1.54, 1.807) is 0 Å². The second-order valence-electron chi connectivity index (χ2n) is 6.24. The van der Waals surface area contributed by atoms with Crippen molar-refractivity contribution in [3.05, 3.63) is 0 Å². The van der Waals surface area contributed by atoms with Crippen LogP contribution >= 0.6 is 23.5 Å². The summed E-state index contributed by atoms with van der Waals surface area (Å²) in [4.78, 5) is 0. The lowest BCUT2D eigenvalue weighted by atomic mass is 9.71. The van der Waals surface area contributed by atoms with Crippen molar-refractivity contribution in [2.75, 3.05) is 12.5 Å². The van der Waals surface area contributed by atoms with Crippen LogP contribution < -0.4 is 0 Å². The molecule has 0 N–H and O–H groups in total. The zero-order valence-corrected chi connectivity index (χ0v) is 15.2. The Kier molecular flexibility index (Phi) is 8.97. The molecule has 0 aromatic carbocycles. The first kappa shape index (κ1) is 17.8. The van der Waals surface area contributed by atoms with Crippen molar-refractivity contribution in [3.63, 3.8) is 0 Å². The Labute approximate surface area is 130 Å². The Morgan fingerprint density at radius 2 is 1.42 bits per heavy atom. The SMILES string of the molecule is CCCCCCCCCC[C@@H]1CC(SC)(SC)[C@@H]1C. The molecule has 1 saturated carbocycles. The zero-order chi connectivity index (χ0) is 14.1. The molecule has 0 amide bonds. The van der Waals surface area contributed by atoms with Crippen molar-refractivity contribution in [1.82, 2.24) is 0 Å². The lowest BCUT2D eigenvalue weighted by molar-refractivity contribution is 0.170. The van der Waals surface area contributed by atoms with Crippen molar-refractivity contribution < 1.29 is 0 Å². The molecular formula is C17H34S2. The fraction of sp³-hybridized carbons (Fsp3) is 1.00. The quantitative estimate of drug-likeness (QED) is 0.312. The van der Waals surface area contributed by atoms with Crippen LogP contribution in [0.25, 0.3) is 0 Å². The van der Waals surface area contributed by atoms with Gasteiger partial charge < -0.3 is 0 Å². The van der Waals surface area contributed by atoms with Crippen LogP contribution in [0.5, 0.6) is 0 Å². The van der Waals surface area contributed by atoms with Crippen molar-refractivity contribution in [3.8, 4) is 0 Å². The highest BCUT2D eigenvalue weighted by molar-refractivity contribution is 8.17. The van der Waals surface area contributed by atoms with Gasteiger partial charge in [-0.2, -0.15) is 0 Å². The Morgan fingerprint density at radius 1 is 0.895 bits per heavy atom. The molecule has 19 heavy (non-hydrogen) atoms. The van der Waals surface area contributed by atoms with E-state index in [4.69, 9.17) is 0 Å². The van der Waals surface area contributed by atoms with Crippen molar-refractivity contribution in [2.45, 2.75) is 82.1 Å². The van der Waals surface area contributed by atoms with E-state index in [2.05, 4.69) is 49.9 Å². The largest absolute Gasteiger partial charge is 0.147 e. The molecule has 2 heteroatoms. The van der Waals surface area contributed by atoms with E-state index in [9.17, 15) is 0 Å². The fourth-order valence-corrected chi connectivity index (χ4v) is 6.00. The van der Waals surface area contributed by atoms with Gasteiger partial charge in [-0.25, -0.2) is 0 Å². The summed E-state index contributed by atoms with van der Waals surface area (Å²) in [7, 11) is 0. The molecule has 0 aromatic heterocycles. The fourth-order valence-electron chi connectivity index (χ4n) is 3.44. The molecule has 2 atom stereocenters. The molecule has 0 aromatic rings. The van der Waals surface area contributed by atoms with Gasteiger partial charge in [0.25, 0.3) is 0 Å². The molecule has 0 aliphatic heterocycles. The predicted molar refractivity (Wildman–Crippen MR) is 94.3 cm³/mol. The molecule has 1 rings (SSSR count). The summed E-state index contributed by atoms with van der Waals surface area (Å²) in [6.07, 6.45) is 19.1. The molecule has 0 spiro atoms. The normalized spacial score (nSPS) is 25.3. The van der Waals surface area contributed by atoms with Gasteiger partial charge in [0.2, 0.25) is 0 Å². The first-order valence-electron chi connectivity index (χ1n) is 8.30. The number of rotatable bonds is 11. The van der Waals surface area contributed by atoms with Gasteiger partial charge in [0, 0.05) is 0 Å². The summed E-state index contributed by atoms with van der Waals surface area (Å²) in [5.41, 5.74) is 0. The zero-order valence-electron chi connectivity index (χ0n) is 13.5. The maximum atomic E-state index is 2.48. The minimum Gasteiger partial charge on any atom is -0.147 e. The van der Waals surface area contributed by atoms with Crippen molar-refractivity contribution in [1.29, 1.82) is 0 Å². The van der Waals surface area contributed by atoms with Gasteiger partial charge in [-0.1, -0.05) is 71.6 Å². The monoisotopic (exact) mass is 302 g/mol. The summed E-state index contributed by atoms with van der Waals surface area (Å²) in [5.74, 6) is 1.93. The van der Waals surface area contributed by atoms with Crippen LogP contribution in [0.4, 0.5) is 0 Å². The Hall–Kier alpha value is 0.700. The van der Waals surface area contributed by atoms with E-state index < -0.39 is 0 Å². The highest BCUT2D eigenvalue weighted by Gasteiger charge is 2.49. The van der Waals surface area contributed by atoms with Crippen molar-refractivity contribution in [2.24, 2.45) is 11.8 Å². The third-order valence-corrected chi connectivity index (χ3v) is 8.53. The second-order valence-corrected chi connectivity index (χ2v) is 8.77. The average molecular weight is 303 g/mol. The maximum Gasteiger partial charge on any atom is 0.0636 e. The third-order valence-electron chi connectivity index (χ3n) is 5.07. The van der Waals surface area contributed by atoms with Gasteiger partial charge in [-0.05, 0) is 30.8 Å². The minimum atomic E-state index is 0.560. The Balaban J connectivity index is 1.97. The van der Waals surface area contributed by atoms with E-state index in [0.29, 0.717) is 4.08 Å². The van der Waals surface area contributed by atoms with Gasteiger partial charge in [-0.15, -0.1) is 23.5 Å². The van der Waals surface area contributed by atoms with Crippen molar-refractivity contribution >= 4 is 23.5 Å². The summed E-state index contributed by atoms with van der Waals surface area (Å²) in [5, 5.41) is 0. The van der Waals surface area contributed by atoms with Crippen LogP contribution in [-0.2, 0) is 0 Å². The smallest absolute Gasteiger partial charge is 0.0636 e. The van der Waals surface area contributed by atoms with E-state index in [1.807, 2.05) is 0 Å². The maximum absolute atomic E-state index is 2.48. The van der Waals surface area contributed by atoms with Crippen LogP contribution in [-0.4, -0.2) is 16.6 Å². The van der Waals surface area contributed by atoms with E-state index >= 15 is 0 Å². The Morgan fingerprint density at radius 3 is 1.89 bits per heavy atom. The van der Waals surface area contributed by atoms with E-state index in [-0.39, 0.29) is 0 Å². The predicted octanol–water partition coefficient (Wildman–Crippen LogP) is 6.60. The molecule has 0 nitrogen and oxygen atoms in total. The van der Waals surface area contributed by atoms with Crippen LogP contribution in [0.15, 0.2) is 0 Å². The minimum absolute atomic E-state index is 0.560. The third kappa shape index (κ3) is 5.19. The first-order chi connectivity index (χ1) is 9.20. The molecule has 1 aliphatic carbocycles. The average Bonchev–Trinajstić information content (AvgIpc) is 2.44. The molecule has 0 heterocycles. The molecule has 114 valence electrons. The van der Waals surface area contributed by atoms with Gasteiger partial charge in [-0.3, -0.25) is 0 Å². The standard InChI is InChI=1S/C17H34S2/c1-5-6-7-8-9-10-11-12-13-16-14-17(18-3,19-4)15(16)2/h15-16H,5-14H2,1-4H3/t15-,16-/m1/s1. The summed E-state index contributed by atoms with van der Waals surface area (Å²) in [6.45, 7) is 4.77. The number of hydrogen-bond acceptors (Lipinski definition) is 2. The molecule has 0 radical (unpaired) electrons. The highest BCUT2D eigenvalue weighted by atomic mass is 32.2. The summed E-state index contributed by atoms with van der Waals surface area (Å²) >= 11 is 4.18. The second kappa shape index (κ2) is 9.60. The molecule has 0 saturated heterocycles. The summed E-state index contributed by atoms with van der Waals surface area (Å²) < 4.78 is 0.560. The number of unbranched alkanes of at least 4 members (excludes halogenated alkanes) is 7. The Bertz CT molecular complexity index is 223. The first-order valence-corrected chi connectivity index (χ1v) is 10.8. The lowest BCUT2D eigenvalue weighted by Crippen LogP contribution is -2.47. The molecule has 0 bridgehead atoms. The van der Waals surface area contributed by atoms with E-state index in [0.717, 1.165) is 11.8 Å². The van der Waals surface area contributed by atoms with Gasteiger partial charge in [0.05, 0.1) is 4.08 Å². The molecule has 0 unspecified atom stereocenters. The van der Waals surface area contributed by atoms with Gasteiger partial charge in [0.15, 0.2) is 0 Å². The topological polar surface area (TPSA) is 0 Å². The molecular weight excluding hydrogens is 268 g/mol. The number of hydrogen-bond donors (Lipinski definition) is 0. The van der Waals surface area contributed by atoms with Crippen LogP contribution in [0.3, 0.4) is 0 Å². The summed E-state index contributed by atoms with van der Waals surface area (Å²) in [6, 6.07) is 0. The van der Waals surface area contributed by atoms with Gasteiger partial charge >= 0.3 is 0 Å². The highest BCUT2D eigenvalue weighted by Crippen LogP contribution is 2.59. The number of thioether (sulfide) groups is 2.